The minimum Gasteiger partial charge on any atom is -0.481 e. The molecule has 1 N–H and O–H groups in total. The van der Waals surface area contributed by atoms with Gasteiger partial charge in [-0.1, -0.05) is 35.0 Å². The van der Waals surface area contributed by atoms with E-state index in [0.29, 0.717) is 5.75 Å². The fraction of sp³-hybridized carbons (Fsp3) is 0.435. The van der Waals surface area contributed by atoms with Crippen molar-refractivity contribution >= 4 is 27.5 Å². The first-order valence-electron chi connectivity index (χ1n) is 10.00. The summed E-state index contributed by atoms with van der Waals surface area (Å²) in [6.45, 7) is 8.34. The Morgan fingerprint density at radius 1 is 1.07 bits per heavy atom. The minimum absolute atomic E-state index is 0.0705. The van der Waals surface area contributed by atoms with Crippen molar-refractivity contribution in [2.75, 3.05) is 18.0 Å². The van der Waals surface area contributed by atoms with Gasteiger partial charge in [0.05, 0.1) is 6.04 Å². The first kappa shape index (κ1) is 20.7. The molecule has 2 aromatic carbocycles. The van der Waals surface area contributed by atoms with Gasteiger partial charge in [-0.05, 0) is 74.6 Å². The molecule has 5 heteroatoms. The molecule has 0 aliphatic carbocycles. The largest absolute Gasteiger partial charge is 0.481 e. The van der Waals surface area contributed by atoms with Crippen molar-refractivity contribution < 1.29 is 9.53 Å². The Kier molecular flexibility index (Phi) is 7.00. The maximum atomic E-state index is 12.5. The van der Waals surface area contributed by atoms with Crippen LogP contribution in [0.5, 0.6) is 5.75 Å². The smallest absolute Gasteiger partial charge is 0.261 e. The molecule has 28 heavy (non-hydrogen) atoms. The third kappa shape index (κ3) is 5.51. The van der Waals surface area contributed by atoms with Gasteiger partial charge in [0, 0.05) is 23.2 Å². The zero-order valence-corrected chi connectivity index (χ0v) is 18.4. The molecule has 3 rings (SSSR count). The highest BCUT2D eigenvalue weighted by Crippen LogP contribution is 2.25. The average Bonchev–Trinajstić information content (AvgIpc) is 2.70. The number of rotatable bonds is 6. The van der Waals surface area contributed by atoms with Crippen molar-refractivity contribution in [1.82, 2.24) is 5.32 Å². The molecule has 1 heterocycles. The fourth-order valence-electron chi connectivity index (χ4n) is 3.43. The lowest BCUT2D eigenvalue weighted by Gasteiger charge is -2.32. The van der Waals surface area contributed by atoms with E-state index in [-0.39, 0.29) is 11.9 Å². The standard InChI is InChI=1S/C23H29BrN2O2/c1-16-12-14-26(15-13-16)21-8-4-19(5-9-21)17(2)25-23(27)18(3)28-22-10-6-20(24)7-11-22/h4-11,16-18H,12-15H2,1-3H3,(H,25,27)/t17-,18-/m1/s1. The molecule has 0 unspecified atom stereocenters. The molecule has 0 bridgehead atoms. The summed E-state index contributed by atoms with van der Waals surface area (Å²) in [5, 5.41) is 3.05. The Balaban J connectivity index is 1.53. The Hall–Kier alpha value is -2.01. The third-order valence-electron chi connectivity index (χ3n) is 5.40. The van der Waals surface area contributed by atoms with Crippen LogP contribution >= 0.6 is 15.9 Å². The van der Waals surface area contributed by atoms with Gasteiger partial charge in [-0.2, -0.15) is 0 Å². The van der Waals surface area contributed by atoms with Gasteiger partial charge in [-0.25, -0.2) is 0 Å². The molecule has 1 amide bonds. The van der Waals surface area contributed by atoms with Crippen LogP contribution in [0.25, 0.3) is 0 Å². The second kappa shape index (κ2) is 9.46. The fourth-order valence-corrected chi connectivity index (χ4v) is 3.69. The Labute approximate surface area is 176 Å². The van der Waals surface area contributed by atoms with Crippen LogP contribution in [0.2, 0.25) is 0 Å². The van der Waals surface area contributed by atoms with E-state index in [1.54, 1.807) is 6.92 Å². The number of nitrogens with zero attached hydrogens (tertiary/aromatic N) is 1. The van der Waals surface area contributed by atoms with E-state index in [1.165, 1.54) is 18.5 Å². The number of hydrogen-bond acceptors (Lipinski definition) is 3. The first-order chi connectivity index (χ1) is 13.4. The Morgan fingerprint density at radius 3 is 2.29 bits per heavy atom. The van der Waals surface area contributed by atoms with E-state index in [1.807, 2.05) is 31.2 Å². The number of hydrogen-bond donors (Lipinski definition) is 1. The number of amides is 1. The predicted molar refractivity (Wildman–Crippen MR) is 118 cm³/mol. The zero-order chi connectivity index (χ0) is 20.1. The highest BCUT2D eigenvalue weighted by Gasteiger charge is 2.19. The molecule has 2 atom stereocenters. The van der Waals surface area contributed by atoms with Crippen LogP contribution in [-0.4, -0.2) is 25.1 Å². The summed E-state index contributed by atoms with van der Waals surface area (Å²) in [6, 6.07) is 16.0. The highest BCUT2D eigenvalue weighted by atomic mass is 79.9. The van der Waals surface area contributed by atoms with Gasteiger partial charge in [0.25, 0.3) is 5.91 Å². The van der Waals surface area contributed by atoms with Crippen LogP contribution in [0, 0.1) is 5.92 Å². The lowest BCUT2D eigenvalue weighted by molar-refractivity contribution is -0.127. The molecule has 1 saturated heterocycles. The quantitative estimate of drug-likeness (QED) is 0.654. The van der Waals surface area contributed by atoms with Crippen molar-refractivity contribution in [3.05, 3.63) is 58.6 Å². The summed E-state index contributed by atoms with van der Waals surface area (Å²) in [7, 11) is 0. The highest BCUT2D eigenvalue weighted by molar-refractivity contribution is 9.10. The number of nitrogens with one attached hydrogen (secondary N) is 1. The summed E-state index contributed by atoms with van der Waals surface area (Å²) in [6.07, 6.45) is 1.95. The number of benzene rings is 2. The summed E-state index contributed by atoms with van der Waals surface area (Å²) in [4.78, 5) is 14.9. The van der Waals surface area contributed by atoms with Crippen LogP contribution < -0.4 is 15.0 Å². The Morgan fingerprint density at radius 2 is 1.68 bits per heavy atom. The van der Waals surface area contributed by atoms with E-state index in [9.17, 15) is 4.79 Å². The predicted octanol–water partition coefficient (Wildman–Crippen LogP) is 5.33. The zero-order valence-electron chi connectivity index (χ0n) is 16.8. The van der Waals surface area contributed by atoms with Crippen LogP contribution in [0.4, 0.5) is 5.69 Å². The van der Waals surface area contributed by atoms with E-state index < -0.39 is 6.10 Å². The molecule has 1 aliphatic rings. The third-order valence-corrected chi connectivity index (χ3v) is 5.93. The molecule has 0 aromatic heterocycles. The van der Waals surface area contributed by atoms with Crippen LogP contribution in [0.1, 0.15) is 45.2 Å². The summed E-state index contributed by atoms with van der Waals surface area (Å²) < 4.78 is 6.72. The molecule has 0 spiro atoms. The van der Waals surface area contributed by atoms with Crippen molar-refractivity contribution in [2.24, 2.45) is 5.92 Å². The van der Waals surface area contributed by atoms with Gasteiger partial charge in [0.1, 0.15) is 5.75 Å². The average molecular weight is 445 g/mol. The molecule has 150 valence electrons. The van der Waals surface area contributed by atoms with Crippen molar-refractivity contribution in [3.63, 3.8) is 0 Å². The lowest BCUT2D eigenvalue weighted by atomic mass is 9.98. The van der Waals surface area contributed by atoms with Gasteiger partial charge >= 0.3 is 0 Å². The Bertz CT molecular complexity index is 768. The molecular formula is C23H29BrN2O2. The number of ether oxygens (including phenoxy) is 1. The van der Waals surface area contributed by atoms with Gasteiger partial charge in [0.2, 0.25) is 0 Å². The van der Waals surface area contributed by atoms with E-state index in [2.05, 4.69) is 57.3 Å². The summed E-state index contributed by atoms with van der Waals surface area (Å²) in [5.74, 6) is 1.38. The van der Waals surface area contributed by atoms with Crippen LogP contribution in [0.3, 0.4) is 0 Å². The number of anilines is 1. The summed E-state index contributed by atoms with van der Waals surface area (Å²) >= 11 is 3.39. The molecular weight excluding hydrogens is 416 g/mol. The second-order valence-electron chi connectivity index (χ2n) is 7.71. The minimum atomic E-state index is -0.557. The summed E-state index contributed by atoms with van der Waals surface area (Å²) in [5.41, 5.74) is 2.36. The molecule has 0 saturated carbocycles. The van der Waals surface area contributed by atoms with Gasteiger partial charge in [0.15, 0.2) is 6.10 Å². The van der Waals surface area contributed by atoms with Gasteiger partial charge < -0.3 is 15.0 Å². The van der Waals surface area contributed by atoms with E-state index in [4.69, 9.17) is 4.74 Å². The number of carbonyl (C=O) groups is 1. The maximum absolute atomic E-state index is 12.5. The first-order valence-corrected chi connectivity index (χ1v) is 10.8. The van der Waals surface area contributed by atoms with Crippen molar-refractivity contribution in [1.29, 1.82) is 0 Å². The monoisotopic (exact) mass is 444 g/mol. The number of piperidine rings is 1. The molecule has 1 aliphatic heterocycles. The number of halogens is 1. The van der Waals surface area contributed by atoms with Crippen molar-refractivity contribution in [3.8, 4) is 5.75 Å². The van der Waals surface area contributed by atoms with Gasteiger partial charge in [-0.3, -0.25) is 4.79 Å². The normalized spacial score (nSPS) is 17.1. The topological polar surface area (TPSA) is 41.6 Å². The van der Waals surface area contributed by atoms with E-state index in [0.717, 1.165) is 29.0 Å². The van der Waals surface area contributed by atoms with Gasteiger partial charge in [-0.15, -0.1) is 0 Å². The SMILES string of the molecule is CC1CCN(c2ccc([C@@H](C)NC(=O)[C@@H](C)Oc3ccc(Br)cc3)cc2)CC1. The molecule has 4 nitrogen and oxygen atoms in total. The number of carbonyl (C=O) groups excluding carboxylic acids is 1. The van der Waals surface area contributed by atoms with Crippen LogP contribution in [0.15, 0.2) is 53.0 Å². The molecule has 1 fully saturated rings. The van der Waals surface area contributed by atoms with E-state index >= 15 is 0 Å². The van der Waals surface area contributed by atoms with Crippen LogP contribution in [-0.2, 0) is 4.79 Å². The second-order valence-corrected chi connectivity index (χ2v) is 8.62. The molecule has 0 radical (unpaired) electrons. The van der Waals surface area contributed by atoms with Crippen molar-refractivity contribution in [2.45, 2.75) is 45.8 Å². The maximum Gasteiger partial charge on any atom is 0.261 e. The lowest BCUT2D eigenvalue weighted by Crippen LogP contribution is -2.37. The molecule has 2 aromatic rings.